The zero-order chi connectivity index (χ0) is 16.6. The van der Waals surface area contributed by atoms with Crippen LogP contribution in [0.2, 0.25) is 0 Å². The number of carbonyl (C=O) groups excluding carboxylic acids is 1. The Balaban J connectivity index is 1.70. The third-order valence-corrected chi connectivity index (χ3v) is 4.47. The highest BCUT2D eigenvalue weighted by Gasteiger charge is 2.36. The summed E-state index contributed by atoms with van der Waals surface area (Å²) in [5, 5.41) is 0. The molecule has 2 aliphatic rings. The fourth-order valence-electron chi connectivity index (χ4n) is 3.43. The summed E-state index contributed by atoms with van der Waals surface area (Å²) >= 11 is 0. The molecule has 4 nitrogen and oxygen atoms in total. The average Bonchev–Trinajstić information content (AvgIpc) is 2.88. The minimum atomic E-state index is -0.482. The number of nitrogens with zero attached hydrogens (tertiary/aromatic N) is 1. The number of ether oxygens (including phenoxy) is 2. The molecule has 1 amide bonds. The van der Waals surface area contributed by atoms with Crippen molar-refractivity contribution in [2.24, 2.45) is 5.92 Å². The van der Waals surface area contributed by atoms with Crippen molar-refractivity contribution >= 4 is 6.09 Å². The van der Waals surface area contributed by atoms with Gasteiger partial charge in [-0.05, 0) is 45.6 Å². The Kier molecular flexibility index (Phi) is 4.21. The van der Waals surface area contributed by atoms with Gasteiger partial charge in [0.25, 0.3) is 0 Å². The first-order chi connectivity index (χ1) is 10.8. The highest BCUT2D eigenvalue weighted by Crippen LogP contribution is 2.41. The van der Waals surface area contributed by atoms with Gasteiger partial charge in [0.05, 0.1) is 6.61 Å². The first-order valence-electron chi connectivity index (χ1n) is 8.24. The first-order valence-corrected chi connectivity index (χ1v) is 8.24. The Labute approximate surface area is 136 Å². The quantitative estimate of drug-likeness (QED) is 0.786. The zero-order valence-corrected chi connectivity index (χ0v) is 14.0. The van der Waals surface area contributed by atoms with Crippen molar-refractivity contribution in [3.63, 3.8) is 0 Å². The van der Waals surface area contributed by atoms with Gasteiger partial charge in [-0.1, -0.05) is 6.07 Å². The summed E-state index contributed by atoms with van der Waals surface area (Å²) in [5.41, 5.74) is 0.576. The zero-order valence-electron chi connectivity index (χ0n) is 14.0. The molecule has 0 aliphatic carbocycles. The van der Waals surface area contributed by atoms with Crippen molar-refractivity contribution in [3.05, 3.63) is 29.6 Å². The van der Waals surface area contributed by atoms with E-state index in [1.807, 2.05) is 26.8 Å². The second-order valence-electron chi connectivity index (χ2n) is 7.43. The summed E-state index contributed by atoms with van der Waals surface area (Å²) in [6.07, 6.45) is 1.75. The van der Waals surface area contributed by atoms with Crippen LogP contribution in [-0.2, 0) is 4.74 Å². The number of rotatable bonds is 1. The van der Waals surface area contributed by atoms with Crippen LogP contribution in [0.5, 0.6) is 5.75 Å². The maximum absolute atomic E-state index is 13.3. The lowest BCUT2D eigenvalue weighted by Crippen LogP contribution is -2.44. The molecule has 0 aromatic heterocycles. The lowest BCUT2D eigenvalue weighted by molar-refractivity contribution is 0.0146. The van der Waals surface area contributed by atoms with E-state index in [-0.39, 0.29) is 17.8 Å². The van der Waals surface area contributed by atoms with E-state index in [1.165, 1.54) is 12.1 Å². The molecule has 3 rings (SSSR count). The van der Waals surface area contributed by atoms with Gasteiger partial charge in [-0.3, -0.25) is 0 Å². The van der Waals surface area contributed by atoms with Crippen LogP contribution in [0.1, 0.15) is 45.1 Å². The van der Waals surface area contributed by atoms with Crippen LogP contribution in [0.4, 0.5) is 9.18 Å². The van der Waals surface area contributed by atoms with Crippen molar-refractivity contribution in [2.75, 3.05) is 19.7 Å². The molecule has 1 aromatic rings. The van der Waals surface area contributed by atoms with Gasteiger partial charge in [-0.25, -0.2) is 9.18 Å². The lowest BCUT2D eigenvalue weighted by Gasteiger charge is -2.36. The van der Waals surface area contributed by atoms with E-state index in [2.05, 4.69) is 0 Å². The Morgan fingerprint density at radius 3 is 2.91 bits per heavy atom. The summed E-state index contributed by atoms with van der Waals surface area (Å²) in [6, 6.07) is 4.74. The SMILES string of the molecule is CC(C)(C)OC(=O)N1CCCC(C2COc3cc(F)ccc32)C1. The minimum Gasteiger partial charge on any atom is -0.493 e. The molecule has 1 saturated heterocycles. The standard InChI is InChI=1S/C18H24FNO3/c1-18(2,3)23-17(21)20-8-4-5-12(10-20)15-11-22-16-9-13(19)6-7-14(15)16/h6-7,9,12,15H,4-5,8,10-11H2,1-3H3. The molecule has 0 radical (unpaired) electrons. The molecule has 23 heavy (non-hydrogen) atoms. The molecule has 0 saturated carbocycles. The topological polar surface area (TPSA) is 38.8 Å². The molecule has 0 N–H and O–H groups in total. The monoisotopic (exact) mass is 321 g/mol. The van der Waals surface area contributed by atoms with Gasteiger partial charge in [-0.15, -0.1) is 0 Å². The summed E-state index contributed by atoms with van der Waals surface area (Å²) < 4.78 is 24.4. The number of halogens is 1. The van der Waals surface area contributed by atoms with Gasteiger partial charge < -0.3 is 14.4 Å². The molecule has 2 unspecified atom stereocenters. The van der Waals surface area contributed by atoms with E-state index >= 15 is 0 Å². The van der Waals surface area contributed by atoms with E-state index in [0.29, 0.717) is 24.8 Å². The molecule has 2 atom stereocenters. The number of carbonyl (C=O) groups is 1. The summed E-state index contributed by atoms with van der Waals surface area (Å²) in [6.45, 7) is 7.59. The van der Waals surface area contributed by atoms with Crippen molar-refractivity contribution in [3.8, 4) is 5.75 Å². The Morgan fingerprint density at radius 2 is 2.17 bits per heavy atom. The average molecular weight is 321 g/mol. The first kappa shape index (κ1) is 16.1. The van der Waals surface area contributed by atoms with Crippen LogP contribution in [0.3, 0.4) is 0 Å². The number of amides is 1. The highest BCUT2D eigenvalue weighted by molar-refractivity contribution is 5.68. The van der Waals surface area contributed by atoms with E-state index in [4.69, 9.17) is 9.47 Å². The summed E-state index contributed by atoms with van der Waals surface area (Å²) in [5.74, 6) is 0.909. The van der Waals surface area contributed by atoms with Crippen molar-refractivity contribution in [1.29, 1.82) is 0 Å². The second kappa shape index (κ2) is 6.02. The lowest BCUT2D eigenvalue weighted by atomic mass is 9.82. The van der Waals surface area contributed by atoms with E-state index in [0.717, 1.165) is 24.9 Å². The van der Waals surface area contributed by atoms with Gasteiger partial charge in [0.1, 0.15) is 17.2 Å². The van der Waals surface area contributed by atoms with Gasteiger partial charge in [0.15, 0.2) is 0 Å². The summed E-state index contributed by atoms with van der Waals surface area (Å²) in [7, 11) is 0. The molecule has 1 fully saturated rings. The molecule has 0 spiro atoms. The minimum absolute atomic E-state index is 0.218. The highest BCUT2D eigenvalue weighted by atomic mass is 19.1. The molecule has 5 heteroatoms. The molecule has 126 valence electrons. The molecular formula is C18H24FNO3. The van der Waals surface area contributed by atoms with Crippen LogP contribution >= 0.6 is 0 Å². The van der Waals surface area contributed by atoms with E-state index in [9.17, 15) is 9.18 Å². The van der Waals surface area contributed by atoms with E-state index in [1.54, 1.807) is 4.90 Å². The Morgan fingerprint density at radius 1 is 1.39 bits per heavy atom. The van der Waals surface area contributed by atoms with Gasteiger partial charge in [-0.2, -0.15) is 0 Å². The van der Waals surface area contributed by atoms with Gasteiger partial charge >= 0.3 is 6.09 Å². The van der Waals surface area contributed by atoms with E-state index < -0.39 is 5.60 Å². The van der Waals surface area contributed by atoms with Crippen LogP contribution in [-0.4, -0.2) is 36.3 Å². The van der Waals surface area contributed by atoms with Crippen LogP contribution in [0.25, 0.3) is 0 Å². The van der Waals surface area contributed by atoms with Crippen molar-refractivity contribution in [1.82, 2.24) is 4.90 Å². The van der Waals surface area contributed by atoms with Crippen LogP contribution < -0.4 is 4.74 Å². The molecule has 0 bridgehead atoms. The van der Waals surface area contributed by atoms with Crippen molar-refractivity contribution < 1.29 is 18.7 Å². The maximum atomic E-state index is 13.3. The summed E-state index contributed by atoms with van der Waals surface area (Å²) in [4.78, 5) is 14.1. The predicted molar refractivity (Wildman–Crippen MR) is 85.2 cm³/mol. The predicted octanol–water partition coefficient (Wildman–Crippen LogP) is 3.95. The molecule has 2 aliphatic heterocycles. The largest absolute Gasteiger partial charge is 0.493 e. The smallest absolute Gasteiger partial charge is 0.410 e. The number of hydrogen-bond donors (Lipinski definition) is 0. The second-order valence-corrected chi connectivity index (χ2v) is 7.43. The number of piperidine rings is 1. The Bertz CT molecular complexity index is 596. The van der Waals surface area contributed by atoms with Crippen LogP contribution in [0, 0.1) is 11.7 Å². The molecule has 1 aromatic carbocycles. The number of fused-ring (bicyclic) bond motifs is 1. The fraction of sp³-hybridized carbons (Fsp3) is 0.611. The van der Waals surface area contributed by atoms with Gasteiger partial charge in [0, 0.05) is 30.6 Å². The molecular weight excluding hydrogens is 297 g/mol. The number of benzene rings is 1. The molecule has 2 heterocycles. The third kappa shape index (κ3) is 3.59. The Hall–Kier alpha value is -1.78. The van der Waals surface area contributed by atoms with Crippen molar-refractivity contribution in [2.45, 2.75) is 45.1 Å². The fourth-order valence-corrected chi connectivity index (χ4v) is 3.43. The van der Waals surface area contributed by atoms with Crippen LogP contribution in [0.15, 0.2) is 18.2 Å². The third-order valence-electron chi connectivity index (χ3n) is 4.47. The normalized spacial score (nSPS) is 24.1. The maximum Gasteiger partial charge on any atom is 0.410 e. The number of likely N-dealkylation sites (tertiary alicyclic amines) is 1. The van der Waals surface area contributed by atoms with Gasteiger partial charge in [0.2, 0.25) is 0 Å². The number of hydrogen-bond acceptors (Lipinski definition) is 3.